The van der Waals surface area contributed by atoms with Gasteiger partial charge in [0, 0.05) is 6.54 Å². The van der Waals surface area contributed by atoms with E-state index in [1.165, 1.54) is 0 Å². The minimum atomic E-state index is -0.480. The Morgan fingerprint density at radius 3 is 2.55 bits per heavy atom. The predicted molar refractivity (Wildman–Crippen MR) is 39.8 cm³/mol. The minimum absolute atomic E-state index is 0.0733. The van der Waals surface area contributed by atoms with E-state index < -0.39 is 5.41 Å². The summed E-state index contributed by atoms with van der Waals surface area (Å²) in [5, 5.41) is 5.18. The average molecular weight is 156 g/mol. The van der Waals surface area contributed by atoms with Crippen LogP contribution in [-0.2, 0) is 9.59 Å². The van der Waals surface area contributed by atoms with Gasteiger partial charge in [-0.05, 0) is 13.8 Å². The summed E-state index contributed by atoms with van der Waals surface area (Å²) in [6.45, 7) is 4.11. The highest BCUT2D eigenvalue weighted by Gasteiger charge is 2.30. The van der Waals surface area contributed by atoms with Crippen molar-refractivity contribution < 1.29 is 9.59 Å². The Labute approximate surface area is 65.3 Å². The summed E-state index contributed by atoms with van der Waals surface area (Å²) in [4.78, 5) is 22.0. The van der Waals surface area contributed by atoms with Gasteiger partial charge in [0.2, 0.25) is 11.8 Å². The Kier molecular flexibility index (Phi) is 1.85. The van der Waals surface area contributed by atoms with Crippen LogP contribution in [0.2, 0.25) is 0 Å². The van der Waals surface area contributed by atoms with Crippen LogP contribution >= 0.6 is 0 Å². The molecule has 0 radical (unpaired) electrons. The van der Waals surface area contributed by atoms with Gasteiger partial charge in [-0.2, -0.15) is 0 Å². The first-order chi connectivity index (χ1) is 5.02. The zero-order valence-electron chi connectivity index (χ0n) is 6.73. The van der Waals surface area contributed by atoms with Crippen LogP contribution in [-0.4, -0.2) is 24.9 Å². The van der Waals surface area contributed by atoms with Gasteiger partial charge in [-0.3, -0.25) is 9.59 Å². The van der Waals surface area contributed by atoms with Crippen molar-refractivity contribution in [1.82, 2.24) is 10.6 Å². The molecular formula is C7H12N2O2. The zero-order valence-corrected chi connectivity index (χ0v) is 6.73. The molecule has 0 aromatic rings. The lowest BCUT2D eigenvalue weighted by Crippen LogP contribution is -2.38. The first-order valence-corrected chi connectivity index (χ1v) is 3.57. The molecule has 1 fully saturated rings. The van der Waals surface area contributed by atoms with E-state index in [-0.39, 0.29) is 18.4 Å². The number of hydrogen-bond acceptors (Lipinski definition) is 2. The Bertz CT molecular complexity index is 199. The third-order valence-corrected chi connectivity index (χ3v) is 1.75. The molecule has 0 atom stereocenters. The largest absolute Gasteiger partial charge is 0.354 e. The molecule has 0 aromatic heterocycles. The Balaban J connectivity index is 2.71. The van der Waals surface area contributed by atoms with Crippen molar-refractivity contribution in [2.75, 3.05) is 13.1 Å². The van der Waals surface area contributed by atoms with Gasteiger partial charge in [0.25, 0.3) is 0 Å². The molecule has 1 aliphatic rings. The summed E-state index contributed by atoms with van der Waals surface area (Å²) in [5.41, 5.74) is -0.480. The van der Waals surface area contributed by atoms with E-state index in [1.54, 1.807) is 13.8 Å². The third-order valence-electron chi connectivity index (χ3n) is 1.75. The van der Waals surface area contributed by atoms with E-state index in [0.29, 0.717) is 6.54 Å². The van der Waals surface area contributed by atoms with Crippen molar-refractivity contribution >= 4 is 11.8 Å². The zero-order chi connectivity index (χ0) is 8.48. The summed E-state index contributed by atoms with van der Waals surface area (Å²) >= 11 is 0. The Morgan fingerprint density at radius 2 is 1.91 bits per heavy atom. The van der Waals surface area contributed by atoms with Crippen molar-refractivity contribution in [3.63, 3.8) is 0 Å². The molecule has 1 saturated heterocycles. The van der Waals surface area contributed by atoms with Crippen LogP contribution in [0.15, 0.2) is 0 Å². The second-order valence-electron chi connectivity index (χ2n) is 3.34. The number of nitrogens with one attached hydrogen (secondary N) is 2. The third kappa shape index (κ3) is 1.69. The SMILES string of the molecule is CC1(C)CNC(=O)CNC1=O. The highest BCUT2D eigenvalue weighted by molar-refractivity contribution is 5.90. The van der Waals surface area contributed by atoms with Gasteiger partial charge in [-0.1, -0.05) is 0 Å². The lowest BCUT2D eigenvalue weighted by Gasteiger charge is -2.18. The van der Waals surface area contributed by atoms with Crippen LogP contribution in [0.25, 0.3) is 0 Å². The molecule has 0 bridgehead atoms. The average Bonchev–Trinajstić information content (AvgIpc) is 2.03. The molecule has 4 heteroatoms. The van der Waals surface area contributed by atoms with E-state index in [2.05, 4.69) is 10.6 Å². The van der Waals surface area contributed by atoms with E-state index in [4.69, 9.17) is 0 Å². The van der Waals surface area contributed by atoms with E-state index >= 15 is 0 Å². The first kappa shape index (κ1) is 8.04. The molecule has 1 rings (SSSR count). The van der Waals surface area contributed by atoms with E-state index in [0.717, 1.165) is 0 Å². The molecular weight excluding hydrogens is 144 g/mol. The highest BCUT2D eigenvalue weighted by Crippen LogP contribution is 2.14. The second kappa shape index (κ2) is 2.53. The van der Waals surface area contributed by atoms with Gasteiger partial charge in [-0.25, -0.2) is 0 Å². The van der Waals surface area contributed by atoms with Gasteiger partial charge >= 0.3 is 0 Å². The van der Waals surface area contributed by atoms with Crippen LogP contribution in [0.4, 0.5) is 0 Å². The summed E-state index contributed by atoms with van der Waals surface area (Å²) < 4.78 is 0. The van der Waals surface area contributed by atoms with Crippen molar-refractivity contribution in [2.24, 2.45) is 5.41 Å². The molecule has 11 heavy (non-hydrogen) atoms. The maximum Gasteiger partial charge on any atom is 0.239 e. The Morgan fingerprint density at radius 1 is 1.27 bits per heavy atom. The van der Waals surface area contributed by atoms with E-state index in [9.17, 15) is 9.59 Å². The molecule has 62 valence electrons. The van der Waals surface area contributed by atoms with Crippen molar-refractivity contribution in [1.29, 1.82) is 0 Å². The summed E-state index contributed by atoms with van der Waals surface area (Å²) in [6, 6.07) is 0. The van der Waals surface area contributed by atoms with Crippen molar-refractivity contribution in [3.05, 3.63) is 0 Å². The lowest BCUT2D eigenvalue weighted by molar-refractivity contribution is -0.128. The predicted octanol–water partition coefficient (Wildman–Crippen LogP) is -0.741. The van der Waals surface area contributed by atoms with Crippen LogP contribution in [0.3, 0.4) is 0 Å². The molecule has 1 heterocycles. The number of rotatable bonds is 0. The number of hydrogen-bond donors (Lipinski definition) is 2. The fraction of sp³-hybridized carbons (Fsp3) is 0.714. The number of carbonyl (C=O) groups is 2. The molecule has 0 saturated carbocycles. The topological polar surface area (TPSA) is 58.2 Å². The molecule has 0 unspecified atom stereocenters. The maximum atomic E-state index is 11.2. The number of amides is 2. The quantitative estimate of drug-likeness (QED) is 0.485. The molecule has 2 N–H and O–H groups in total. The van der Waals surface area contributed by atoms with Crippen LogP contribution in [0.1, 0.15) is 13.8 Å². The van der Waals surface area contributed by atoms with Crippen LogP contribution in [0.5, 0.6) is 0 Å². The summed E-state index contributed by atoms with van der Waals surface area (Å²) in [7, 11) is 0. The fourth-order valence-corrected chi connectivity index (χ4v) is 0.862. The second-order valence-corrected chi connectivity index (χ2v) is 3.34. The van der Waals surface area contributed by atoms with Crippen LogP contribution in [0, 0.1) is 5.41 Å². The van der Waals surface area contributed by atoms with Gasteiger partial charge < -0.3 is 10.6 Å². The highest BCUT2D eigenvalue weighted by atomic mass is 16.2. The fourth-order valence-electron chi connectivity index (χ4n) is 0.862. The smallest absolute Gasteiger partial charge is 0.239 e. The first-order valence-electron chi connectivity index (χ1n) is 3.57. The Hall–Kier alpha value is -1.06. The van der Waals surface area contributed by atoms with Crippen molar-refractivity contribution in [2.45, 2.75) is 13.8 Å². The summed E-state index contributed by atoms with van der Waals surface area (Å²) in [5.74, 6) is -0.195. The van der Waals surface area contributed by atoms with E-state index in [1.807, 2.05) is 0 Å². The molecule has 0 aromatic carbocycles. The molecule has 0 spiro atoms. The molecule has 4 nitrogen and oxygen atoms in total. The summed E-state index contributed by atoms with van der Waals surface area (Å²) in [6.07, 6.45) is 0. The lowest BCUT2D eigenvalue weighted by atomic mass is 9.93. The van der Waals surface area contributed by atoms with Gasteiger partial charge in [-0.15, -0.1) is 0 Å². The van der Waals surface area contributed by atoms with Gasteiger partial charge in [0.15, 0.2) is 0 Å². The van der Waals surface area contributed by atoms with Crippen LogP contribution < -0.4 is 10.6 Å². The van der Waals surface area contributed by atoms with Gasteiger partial charge in [0.05, 0.1) is 12.0 Å². The van der Waals surface area contributed by atoms with Crippen molar-refractivity contribution in [3.8, 4) is 0 Å². The normalized spacial score (nSPS) is 23.5. The molecule has 0 aliphatic carbocycles. The standard InChI is InChI=1S/C7H12N2O2/c1-7(2)4-9-5(10)3-8-6(7)11/h3-4H2,1-2H3,(H,8,11)(H,9,10). The number of carbonyl (C=O) groups excluding carboxylic acids is 2. The molecule has 2 amide bonds. The minimum Gasteiger partial charge on any atom is -0.354 e. The maximum absolute atomic E-state index is 11.2. The monoisotopic (exact) mass is 156 g/mol. The van der Waals surface area contributed by atoms with Gasteiger partial charge in [0.1, 0.15) is 0 Å². The molecule has 1 aliphatic heterocycles.